The van der Waals surface area contributed by atoms with E-state index in [0.29, 0.717) is 13.0 Å². The Morgan fingerprint density at radius 1 is 1.50 bits per heavy atom. The third-order valence-electron chi connectivity index (χ3n) is 1.68. The lowest BCUT2D eigenvalue weighted by atomic mass is 10.3. The number of carbonyl (C=O) groups excluding carboxylic acids is 1. The molecule has 0 saturated heterocycles. The van der Waals surface area contributed by atoms with Gasteiger partial charge in [0, 0.05) is 13.0 Å². The predicted octanol–water partition coefficient (Wildman–Crippen LogP) is 1.93. The van der Waals surface area contributed by atoms with E-state index in [-0.39, 0.29) is 21.8 Å². The largest absolute Gasteiger partial charge is 0.351 e. The van der Waals surface area contributed by atoms with Gasteiger partial charge in [0.25, 0.3) is 5.91 Å². The molecule has 1 amide bonds. The molecule has 0 unspecified atom stereocenters. The molecule has 0 spiro atoms. The number of nitrogens with zero attached hydrogens (tertiary/aromatic N) is 2. The monoisotopic (exact) mass is 257 g/mol. The van der Waals surface area contributed by atoms with Crippen LogP contribution >= 0.6 is 23.2 Å². The Morgan fingerprint density at radius 3 is 2.94 bits per heavy atom. The molecular formula is C10H9Cl2N3O. The maximum atomic E-state index is 11.6. The molecule has 0 aliphatic rings. The molecule has 0 bridgehead atoms. The first-order chi connectivity index (χ1) is 7.65. The number of hydrogen-bond acceptors (Lipinski definition) is 3. The normalized spacial score (nSPS) is 9.19. The summed E-state index contributed by atoms with van der Waals surface area (Å²) >= 11 is 11.3. The van der Waals surface area contributed by atoms with Crippen LogP contribution in [0.5, 0.6) is 0 Å². The Hall–Kier alpha value is -1.31. The molecule has 16 heavy (non-hydrogen) atoms. The Kier molecular flexibility index (Phi) is 5.03. The summed E-state index contributed by atoms with van der Waals surface area (Å²) in [5.74, 6) is 5.23. The van der Waals surface area contributed by atoms with Crippen LogP contribution in [0.1, 0.15) is 23.7 Å². The predicted molar refractivity (Wildman–Crippen MR) is 62.5 cm³/mol. The molecule has 1 N–H and O–H groups in total. The second-order valence-corrected chi connectivity index (χ2v) is 3.55. The van der Waals surface area contributed by atoms with Crippen molar-refractivity contribution in [2.45, 2.75) is 13.3 Å². The number of aromatic nitrogens is 2. The van der Waals surface area contributed by atoms with Crippen molar-refractivity contribution in [3.63, 3.8) is 0 Å². The van der Waals surface area contributed by atoms with Gasteiger partial charge in [0.2, 0.25) is 0 Å². The van der Waals surface area contributed by atoms with Crippen molar-refractivity contribution in [2.24, 2.45) is 0 Å². The second kappa shape index (κ2) is 6.31. The van der Waals surface area contributed by atoms with Gasteiger partial charge >= 0.3 is 0 Å². The van der Waals surface area contributed by atoms with Crippen molar-refractivity contribution >= 4 is 29.1 Å². The highest BCUT2D eigenvalue weighted by atomic mass is 35.5. The molecule has 1 heterocycles. The Bertz CT molecular complexity index is 451. The fourth-order valence-electron chi connectivity index (χ4n) is 0.971. The van der Waals surface area contributed by atoms with Crippen LogP contribution in [0.15, 0.2) is 6.07 Å². The van der Waals surface area contributed by atoms with Crippen LogP contribution in [-0.2, 0) is 0 Å². The molecule has 0 saturated carbocycles. The Morgan fingerprint density at radius 2 is 2.25 bits per heavy atom. The van der Waals surface area contributed by atoms with E-state index in [4.69, 9.17) is 23.2 Å². The first-order valence-corrected chi connectivity index (χ1v) is 5.27. The first kappa shape index (κ1) is 12.8. The molecular weight excluding hydrogens is 249 g/mol. The average molecular weight is 258 g/mol. The average Bonchev–Trinajstić information content (AvgIpc) is 2.27. The second-order valence-electron chi connectivity index (χ2n) is 2.80. The van der Waals surface area contributed by atoms with Crippen LogP contribution < -0.4 is 5.32 Å². The number of halogens is 2. The molecule has 0 aliphatic heterocycles. The van der Waals surface area contributed by atoms with Gasteiger partial charge in [-0.05, 0) is 13.0 Å². The molecule has 0 aromatic carbocycles. The van der Waals surface area contributed by atoms with Crippen molar-refractivity contribution in [3.8, 4) is 11.8 Å². The number of nitrogens with one attached hydrogen (secondary N) is 1. The van der Waals surface area contributed by atoms with Crippen LogP contribution in [0.25, 0.3) is 0 Å². The highest BCUT2D eigenvalue weighted by molar-refractivity contribution is 6.34. The van der Waals surface area contributed by atoms with Gasteiger partial charge in [0.1, 0.15) is 0 Å². The molecule has 0 fully saturated rings. The van der Waals surface area contributed by atoms with Crippen molar-refractivity contribution < 1.29 is 4.79 Å². The fourth-order valence-corrected chi connectivity index (χ4v) is 1.30. The van der Waals surface area contributed by atoms with Gasteiger partial charge in [-0.1, -0.05) is 23.2 Å². The molecule has 1 aromatic rings. The zero-order chi connectivity index (χ0) is 12.0. The van der Waals surface area contributed by atoms with Gasteiger partial charge < -0.3 is 5.32 Å². The molecule has 0 radical (unpaired) electrons. The number of rotatable bonds is 3. The first-order valence-electron chi connectivity index (χ1n) is 4.51. The maximum Gasteiger partial charge on any atom is 0.254 e. The van der Waals surface area contributed by atoms with Crippen LogP contribution in [0.4, 0.5) is 0 Å². The smallest absolute Gasteiger partial charge is 0.254 e. The molecule has 1 rings (SSSR count). The van der Waals surface area contributed by atoms with E-state index in [1.165, 1.54) is 6.07 Å². The quantitative estimate of drug-likeness (QED) is 0.665. The minimum atomic E-state index is -0.334. The Balaban J connectivity index is 2.64. The molecule has 1 aromatic heterocycles. The van der Waals surface area contributed by atoms with Crippen LogP contribution in [-0.4, -0.2) is 22.6 Å². The summed E-state index contributed by atoms with van der Waals surface area (Å²) in [4.78, 5) is 11.6. The zero-order valence-electron chi connectivity index (χ0n) is 8.55. The summed E-state index contributed by atoms with van der Waals surface area (Å²) in [5, 5.41) is 9.86. The van der Waals surface area contributed by atoms with Gasteiger partial charge in [-0.25, -0.2) is 0 Å². The molecule has 0 aliphatic carbocycles. The van der Waals surface area contributed by atoms with E-state index in [1.807, 2.05) is 0 Å². The van der Waals surface area contributed by atoms with Gasteiger partial charge in [0.15, 0.2) is 10.3 Å². The minimum absolute atomic E-state index is 0.0310. The van der Waals surface area contributed by atoms with Crippen molar-refractivity contribution in [2.75, 3.05) is 6.54 Å². The summed E-state index contributed by atoms with van der Waals surface area (Å²) in [6.45, 7) is 2.20. The number of hydrogen-bond donors (Lipinski definition) is 1. The van der Waals surface area contributed by atoms with Crippen molar-refractivity contribution in [1.82, 2.24) is 15.5 Å². The molecule has 6 heteroatoms. The van der Waals surface area contributed by atoms with E-state index in [9.17, 15) is 4.79 Å². The van der Waals surface area contributed by atoms with E-state index in [0.717, 1.165) is 0 Å². The molecule has 0 atom stereocenters. The lowest BCUT2D eigenvalue weighted by molar-refractivity contribution is 0.0954. The highest BCUT2D eigenvalue weighted by Crippen LogP contribution is 2.14. The van der Waals surface area contributed by atoms with E-state index in [2.05, 4.69) is 27.4 Å². The lowest BCUT2D eigenvalue weighted by Crippen LogP contribution is -2.24. The third-order valence-corrected chi connectivity index (χ3v) is 2.14. The number of carbonyl (C=O) groups is 1. The third kappa shape index (κ3) is 3.69. The van der Waals surface area contributed by atoms with Crippen LogP contribution in [0.2, 0.25) is 10.3 Å². The molecule has 84 valence electrons. The summed E-state index contributed by atoms with van der Waals surface area (Å²) < 4.78 is 0. The Labute approximate surface area is 103 Å². The van der Waals surface area contributed by atoms with Gasteiger partial charge in [-0.15, -0.1) is 22.0 Å². The van der Waals surface area contributed by atoms with Crippen molar-refractivity contribution in [1.29, 1.82) is 0 Å². The topological polar surface area (TPSA) is 54.9 Å². The van der Waals surface area contributed by atoms with E-state index < -0.39 is 0 Å². The highest BCUT2D eigenvalue weighted by Gasteiger charge is 2.12. The van der Waals surface area contributed by atoms with Crippen LogP contribution in [0, 0.1) is 11.8 Å². The summed E-state index contributed by atoms with van der Waals surface area (Å²) in [6.07, 6.45) is 0.589. The van der Waals surface area contributed by atoms with Gasteiger partial charge in [-0.2, -0.15) is 0 Å². The SMILES string of the molecule is CC#CCCNC(=O)c1cc(Cl)nnc1Cl. The van der Waals surface area contributed by atoms with Crippen molar-refractivity contribution in [3.05, 3.63) is 21.9 Å². The summed E-state index contributed by atoms with van der Waals surface area (Å²) in [6, 6.07) is 1.37. The van der Waals surface area contributed by atoms with Crippen LogP contribution in [0.3, 0.4) is 0 Å². The van der Waals surface area contributed by atoms with E-state index in [1.54, 1.807) is 6.92 Å². The van der Waals surface area contributed by atoms with E-state index >= 15 is 0 Å². The maximum absolute atomic E-state index is 11.6. The summed E-state index contributed by atoms with van der Waals surface area (Å²) in [5.41, 5.74) is 0.214. The lowest BCUT2D eigenvalue weighted by Gasteiger charge is -2.03. The molecule has 4 nitrogen and oxygen atoms in total. The van der Waals surface area contributed by atoms with Gasteiger partial charge in [-0.3, -0.25) is 4.79 Å². The standard InChI is InChI=1S/C10H9Cl2N3O/c1-2-3-4-5-13-10(16)7-6-8(11)14-15-9(7)12/h6H,4-5H2,1H3,(H,13,16). The minimum Gasteiger partial charge on any atom is -0.351 e. The van der Waals surface area contributed by atoms with Gasteiger partial charge in [0.05, 0.1) is 5.56 Å². The zero-order valence-corrected chi connectivity index (χ0v) is 10.1. The summed E-state index contributed by atoms with van der Waals surface area (Å²) in [7, 11) is 0. The fraction of sp³-hybridized carbons (Fsp3) is 0.300. The number of amides is 1.